The maximum absolute atomic E-state index is 12.9. The molecule has 0 aliphatic heterocycles. The van der Waals surface area contributed by atoms with E-state index in [2.05, 4.69) is 5.32 Å². The van der Waals surface area contributed by atoms with Crippen LogP contribution in [0.2, 0.25) is 0 Å². The summed E-state index contributed by atoms with van der Waals surface area (Å²) in [5.74, 6) is -0.500. The van der Waals surface area contributed by atoms with Crippen LogP contribution in [0.4, 0.5) is 8.78 Å². The summed E-state index contributed by atoms with van der Waals surface area (Å²) in [6, 6.07) is 4.20. The molecule has 3 heteroatoms. The Morgan fingerprint density at radius 3 is 2.79 bits per heavy atom. The molecule has 0 bridgehead atoms. The van der Waals surface area contributed by atoms with Crippen LogP contribution in [0.1, 0.15) is 17.9 Å². The molecule has 0 radical (unpaired) electrons. The average Bonchev–Trinajstić information content (AvgIpc) is 2.90. The number of halogens is 2. The lowest BCUT2D eigenvalue weighted by molar-refractivity contribution is 0.506. The fraction of sp³-hybridized carbons (Fsp3) is 0.455. The Kier molecular flexibility index (Phi) is 2.50. The summed E-state index contributed by atoms with van der Waals surface area (Å²) in [6.45, 7) is 0.948. The molecule has 1 saturated carbocycles. The molecule has 76 valence electrons. The maximum Gasteiger partial charge on any atom is 0.159 e. The summed E-state index contributed by atoms with van der Waals surface area (Å²) in [5.41, 5.74) is 0.921. The highest BCUT2D eigenvalue weighted by Crippen LogP contribution is 2.47. The van der Waals surface area contributed by atoms with Gasteiger partial charge < -0.3 is 5.32 Å². The van der Waals surface area contributed by atoms with Crippen LogP contribution < -0.4 is 5.32 Å². The molecule has 0 saturated heterocycles. The van der Waals surface area contributed by atoms with Gasteiger partial charge in [-0.05, 0) is 49.5 Å². The first kappa shape index (κ1) is 9.59. The summed E-state index contributed by atoms with van der Waals surface area (Å²) >= 11 is 0. The highest BCUT2D eigenvalue weighted by atomic mass is 19.2. The molecule has 0 heterocycles. The van der Waals surface area contributed by atoms with Crippen LogP contribution >= 0.6 is 0 Å². The zero-order chi connectivity index (χ0) is 10.1. The molecule has 1 nitrogen and oxygen atoms in total. The molecule has 0 aromatic heterocycles. The lowest BCUT2D eigenvalue weighted by Gasteiger charge is -2.01. The van der Waals surface area contributed by atoms with Crippen molar-refractivity contribution in [1.29, 1.82) is 0 Å². The smallest absolute Gasteiger partial charge is 0.159 e. The number of hydrogen-bond donors (Lipinski definition) is 1. The number of rotatable bonds is 3. The molecule has 1 aliphatic carbocycles. The maximum atomic E-state index is 12.9. The van der Waals surface area contributed by atoms with Crippen molar-refractivity contribution in [2.45, 2.75) is 12.3 Å². The standard InChI is InChI=1S/C11H13F2N/c1-14-6-8-4-9(8)7-2-3-10(12)11(13)5-7/h2-3,5,8-9,14H,4,6H2,1H3/t8-,9-/m0/s1. The van der Waals surface area contributed by atoms with E-state index in [1.54, 1.807) is 6.07 Å². The third kappa shape index (κ3) is 1.77. The molecule has 14 heavy (non-hydrogen) atoms. The normalized spacial score (nSPS) is 25.1. The topological polar surface area (TPSA) is 12.0 Å². The largest absolute Gasteiger partial charge is 0.319 e. The van der Waals surface area contributed by atoms with E-state index in [0.717, 1.165) is 18.5 Å². The summed E-state index contributed by atoms with van der Waals surface area (Å²) in [6.07, 6.45) is 1.08. The molecule has 0 amide bonds. The van der Waals surface area contributed by atoms with Gasteiger partial charge in [-0.15, -0.1) is 0 Å². The Labute approximate surface area is 82.1 Å². The second-order valence-electron chi connectivity index (χ2n) is 3.83. The van der Waals surface area contributed by atoms with Gasteiger partial charge >= 0.3 is 0 Å². The Morgan fingerprint density at radius 2 is 2.14 bits per heavy atom. The van der Waals surface area contributed by atoms with Gasteiger partial charge in [0.25, 0.3) is 0 Å². The van der Waals surface area contributed by atoms with Crippen LogP contribution in [0.15, 0.2) is 18.2 Å². The zero-order valence-corrected chi connectivity index (χ0v) is 8.06. The van der Waals surface area contributed by atoms with Crippen molar-refractivity contribution in [3.8, 4) is 0 Å². The lowest BCUT2D eigenvalue weighted by atomic mass is 10.1. The van der Waals surface area contributed by atoms with E-state index in [9.17, 15) is 8.78 Å². The highest BCUT2D eigenvalue weighted by molar-refractivity contribution is 5.27. The van der Waals surface area contributed by atoms with Gasteiger partial charge in [0.05, 0.1) is 0 Å². The number of nitrogens with one attached hydrogen (secondary N) is 1. The second kappa shape index (κ2) is 3.65. The lowest BCUT2D eigenvalue weighted by Crippen LogP contribution is -2.10. The Hall–Kier alpha value is -0.960. The fourth-order valence-electron chi connectivity index (χ4n) is 1.89. The van der Waals surface area contributed by atoms with Gasteiger partial charge in [-0.2, -0.15) is 0 Å². The fourth-order valence-corrected chi connectivity index (χ4v) is 1.89. The van der Waals surface area contributed by atoms with Gasteiger partial charge in [-0.1, -0.05) is 6.07 Å². The third-order valence-corrected chi connectivity index (χ3v) is 2.76. The van der Waals surface area contributed by atoms with Crippen molar-refractivity contribution < 1.29 is 8.78 Å². The van der Waals surface area contributed by atoms with E-state index >= 15 is 0 Å². The summed E-state index contributed by atoms with van der Waals surface area (Å²) in [4.78, 5) is 0. The van der Waals surface area contributed by atoms with Gasteiger partial charge in [0.2, 0.25) is 0 Å². The van der Waals surface area contributed by atoms with Gasteiger partial charge in [0.15, 0.2) is 11.6 Å². The second-order valence-corrected chi connectivity index (χ2v) is 3.83. The first-order valence-corrected chi connectivity index (χ1v) is 4.82. The van der Waals surface area contributed by atoms with Crippen LogP contribution in [0.5, 0.6) is 0 Å². The van der Waals surface area contributed by atoms with Crippen molar-refractivity contribution in [1.82, 2.24) is 5.32 Å². The average molecular weight is 197 g/mol. The number of hydrogen-bond acceptors (Lipinski definition) is 1. The monoisotopic (exact) mass is 197 g/mol. The summed E-state index contributed by atoms with van der Waals surface area (Å²) in [7, 11) is 1.90. The van der Waals surface area contributed by atoms with E-state index < -0.39 is 11.6 Å². The predicted octanol–water partition coefficient (Wildman–Crippen LogP) is 2.29. The first-order valence-electron chi connectivity index (χ1n) is 4.82. The van der Waals surface area contributed by atoms with E-state index in [0.29, 0.717) is 11.8 Å². The van der Waals surface area contributed by atoms with Crippen molar-refractivity contribution in [3.05, 3.63) is 35.4 Å². The van der Waals surface area contributed by atoms with Crippen LogP contribution in [0, 0.1) is 17.6 Å². The van der Waals surface area contributed by atoms with Crippen molar-refractivity contribution in [2.75, 3.05) is 13.6 Å². The van der Waals surface area contributed by atoms with Gasteiger partial charge in [0.1, 0.15) is 0 Å². The molecule has 1 N–H and O–H groups in total. The minimum Gasteiger partial charge on any atom is -0.319 e. The zero-order valence-electron chi connectivity index (χ0n) is 8.06. The Morgan fingerprint density at radius 1 is 1.36 bits per heavy atom. The van der Waals surface area contributed by atoms with Crippen molar-refractivity contribution in [2.24, 2.45) is 5.92 Å². The van der Waals surface area contributed by atoms with Crippen molar-refractivity contribution >= 4 is 0 Å². The number of benzene rings is 1. The molecular formula is C11H13F2N. The van der Waals surface area contributed by atoms with Gasteiger partial charge in [-0.25, -0.2) is 8.78 Å². The first-order chi connectivity index (χ1) is 6.72. The molecule has 2 rings (SSSR count). The van der Waals surface area contributed by atoms with Crippen LogP contribution in [-0.4, -0.2) is 13.6 Å². The molecular weight excluding hydrogens is 184 g/mol. The summed E-state index contributed by atoms with van der Waals surface area (Å²) < 4.78 is 25.5. The van der Waals surface area contributed by atoms with Crippen LogP contribution in [0.3, 0.4) is 0 Å². The summed E-state index contributed by atoms with van der Waals surface area (Å²) in [5, 5.41) is 3.09. The van der Waals surface area contributed by atoms with Crippen LogP contribution in [-0.2, 0) is 0 Å². The van der Waals surface area contributed by atoms with E-state index in [-0.39, 0.29) is 0 Å². The SMILES string of the molecule is CNC[C@@H]1C[C@H]1c1ccc(F)c(F)c1. The quantitative estimate of drug-likeness (QED) is 0.784. The Bertz CT molecular complexity index is 338. The molecule has 2 atom stereocenters. The van der Waals surface area contributed by atoms with E-state index in [4.69, 9.17) is 0 Å². The van der Waals surface area contributed by atoms with Crippen LogP contribution in [0.25, 0.3) is 0 Å². The molecule has 1 aliphatic rings. The Balaban J connectivity index is 2.08. The minimum atomic E-state index is -0.764. The highest BCUT2D eigenvalue weighted by Gasteiger charge is 2.37. The van der Waals surface area contributed by atoms with E-state index in [1.807, 2.05) is 7.05 Å². The van der Waals surface area contributed by atoms with E-state index in [1.165, 1.54) is 12.1 Å². The third-order valence-electron chi connectivity index (χ3n) is 2.76. The minimum absolute atomic E-state index is 0.414. The van der Waals surface area contributed by atoms with Gasteiger partial charge in [0, 0.05) is 0 Å². The molecule has 0 spiro atoms. The van der Waals surface area contributed by atoms with Gasteiger partial charge in [-0.3, -0.25) is 0 Å². The molecule has 0 unspecified atom stereocenters. The molecule has 1 aromatic rings. The van der Waals surface area contributed by atoms with Crippen molar-refractivity contribution in [3.63, 3.8) is 0 Å². The molecule has 1 aromatic carbocycles. The predicted molar refractivity (Wildman–Crippen MR) is 51.1 cm³/mol. The molecule has 1 fully saturated rings.